The Bertz CT molecular complexity index is 1240. The number of nitrogens with one attached hydrogen (secondary N) is 1. The number of fused-ring (bicyclic) bond motifs is 1. The number of H-pyrrole nitrogens is 1. The molecule has 4 rings (SSSR count). The van der Waals surface area contributed by atoms with Gasteiger partial charge in [-0.25, -0.2) is 24.3 Å². The highest BCUT2D eigenvalue weighted by molar-refractivity contribution is 9.10. The number of nitrogens with two attached hydrogens (primary N) is 1. The minimum absolute atomic E-state index is 0.0697. The molecule has 0 radical (unpaired) electrons. The van der Waals surface area contributed by atoms with Gasteiger partial charge in [-0.05, 0) is 47.1 Å². The van der Waals surface area contributed by atoms with Gasteiger partial charge >= 0.3 is 5.69 Å². The van der Waals surface area contributed by atoms with E-state index in [0.717, 1.165) is 5.56 Å². The minimum atomic E-state index is -0.768. The van der Waals surface area contributed by atoms with Gasteiger partial charge in [-0.1, -0.05) is 23.8 Å². The van der Waals surface area contributed by atoms with Crippen molar-refractivity contribution < 1.29 is 4.79 Å². The number of primary amides is 1. The topological polar surface area (TPSA) is 120 Å². The molecule has 8 nitrogen and oxygen atoms in total. The molecule has 0 aliphatic heterocycles. The van der Waals surface area contributed by atoms with Crippen LogP contribution in [-0.4, -0.2) is 30.4 Å². The van der Waals surface area contributed by atoms with Gasteiger partial charge in [-0.2, -0.15) is 0 Å². The van der Waals surface area contributed by atoms with Gasteiger partial charge in [0.15, 0.2) is 17.2 Å². The Morgan fingerprint density at radius 2 is 1.85 bits per heavy atom. The van der Waals surface area contributed by atoms with E-state index < -0.39 is 11.6 Å². The molecular weight excluding hydrogens is 412 g/mol. The van der Waals surface area contributed by atoms with Crippen LogP contribution in [-0.2, 0) is 0 Å². The van der Waals surface area contributed by atoms with Crippen LogP contribution in [0.15, 0.2) is 51.9 Å². The summed E-state index contributed by atoms with van der Waals surface area (Å²) in [6, 6.07) is 12.6. The summed E-state index contributed by atoms with van der Waals surface area (Å²) in [7, 11) is 0. The maximum atomic E-state index is 12.6. The van der Waals surface area contributed by atoms with Crippen molar-refractivity contribution in [2.24, 2.45) is 5.73 Å². The lowest BCUT2D eigenvalue weighted by molar-refractivity contribution is 0.0997. The number of aromatic nitrogens is 5. The van der Waals surface area contributed by atoms with Crippen molar-refractivity contribution >= 4 is 33.0 Å². The second-order valence-corrected chi connectivity index (χ2v) is 6.72. The van der Waals surface area contributed by atoms with Crippen LogP contribution in [0.3, 0.4) is 0 Å². The lowest BCUT2D eigenvalue weighted by Gasteiger charge is -2.06. The first-order chi connectivity index (χ1) is 12.9. The maximum Gasteiger partial charge on any atom is 0.332 e. The molecule has 0 saturated heterocycles. The monoisotopic (exact) mass is 424 g/mol. The van der Waals surface area contributed by atoms with Gasteiger partial charge < -0.3 is 10.7 Å². The van der Waals surface area contributed by atoms with Crippen LogP contribution in [0.5, 0.6) is 0 Å². The quantitative estimate of drug-likeness (QED) is 0.489. The van der Waals surface area contributed by atoms with Crippen LogP contribution < -0.4 is 11.4 Å². The Labute approximate surface area is 161 Å². The molecule has 3 heterocycles. The van der Waals surface area contributed by atoms with E-state index >= 15 is 0 Å². The minimum Gasteiger partial charge on any atom is -0.364 e. The van der Waals surface area contributed by atoms with Crippen molar-refractivity contribution in [3.05, 3.63) is 68.8 Å². The van der Waals surface area contributed by atoms with Gasteiger partial charge in [0.2, 0.25) is 0 Å². The Morgan fingerprint density at radius 3 is 2.52 bits per heavy atom. The first-order valence-electron chi connectivity index (χ1n) is 7.96. The molecule has 0 aliphatic rings. The molecule has 3 N–H and O–H groups in total. The van der Waals surface area contributed by atoms with E-state index in [1.54, 1.807) is 30.3 Å². The number of halogens is 1. The van der Waals surface area contributed by atoms with Crippen LogP contribution in [0, 0.1) is 6.92 Å². The Balaban J connectivity index is 2.06. The number of aromatic amines is 1. The normalized spacial score (nSPS) is 11.0. The summed E-state index contributed by atoms with van der Waals surface area (Å²) in [5.74, 6) is -0.576. The van der Waals surface area contributed by atoms with E-state index in [0.29, 0.717) is 16.0 Å². The zero-order chi connectivity index (χ0) is 19.1. The number of hydrogen-bond acceptors (Lipinski definition) is 5. The molecule has 27 heavy (non-hydrogen) atoms. The first-order valence-corrected chi connectivity index (χ1v) is 8.76. The summed E-state index contributed by atoms with van der Waals surface area (Å²) in [6.45, 7) is 1.95. The third-order valence-corrected chi connectivity index (χ3v) is 4.45. The van der Waals surface area contributed by atoms with E-state index in [9.17, 15) is 9.59 Å². The highest BCUT2D eigenvalue weighted by Gasteiger charge is 2.20. The summed E-state index contributed by atoms with van der Waals surface area (Å²) in [6.07, 6.45) is 0. The van der Waals surface area contributed by atoms with Crippen LogP contribution >= 0.6 is 15.9 Å². The van der Waals surface area contributed by atoms with E-state index in [-0.39, 0.29) is 22.7 Å². The largest absolute Gasteiger partial charge is 0.364 e. The van der Waals surface area contributed by atoms with Gasteiger partial charge in [0.1, 0.15) is 15.8 Å². The molecule has 0 aliphatic carbocycles. The van der Waals surface area contributed by atoms with Crippen LogP contribution in [0.2, 0.25) is 0 Å². The summed E-state index contributed by atoms with van der Waals surface area (Å²) >= 11 is 3.30. The van der Waals surface area contributed by atoms with Gasteiger partial charge in [-0.15, -0.1) is 0 Å². The predicted octanol–water partition coefficient (Wildman–Crippen LogP) is 2.34. The van der Waals surface area contributed by atoms with E-state index in [4.69, 9.17) is 5.73 Å². The second kappa shape index (κ2) is 6.44. The van der Waals surface area contributed by atoms with Crippen LogP contribution in [0.4, 0.5) is 0 Å². The van der Waals surface area contributed by atoms with Gasteiger partial charge in [0.05, 0.1) is 5.69 Å². The van der Waals surface area contributed by atoms with Gasteiger partial charge in [0.25, 0.3) is 5.91 Å². The number of aryl methyl sites for hydroxylation is 1. The van der Waals surface area contributed by atoms with E-state index in [1.165, 1.54) is 4.57 Å². The molecule has 0 spiro atoms. The summed E-state index contributed by atoms with van der Waals surface area (Å²) in [5, 5.41) is 0. The summed E-state index contributed by atoms with van der Waals surface area (Å²) in [4.78, 5) is 40.1. The van der Waals surface area contributed by atoms with Crippen LogP contribution in [0.1, 0.15) is 16.1 Å². The third-order valence-electron chi connectivity index (χ3n) is 4.01. The summed E-state index contributed by atoms with van der Waals surface area (Å²) in [5.41, 5.74) is 7.52. The molecule has 0 unspecified atom stereocenters. The number of amides is 1. The fourth-order valence-corrected chi connectivity index (χ4v) is 3.09. The lowest BCUT2D eigenvalue weighted by atomic mass is 10.2. The SMILES string of the molecule is Cc1ccc(-n2c(=O)[nH]c3c(C(N)=O)nc(-c4cccc(Br)n4)nc32)cc1. The van der Waals surface area contributed by atoms with Gasteiger partial charge in [0, 0.05) is 0 Å². The molecule has 9 heteroatoms. The number of imidazole rings is 1. The smallest absolute Gasteiger partial charge is 0.332 e. The van der Waals surface area contributed by atoms with Gasteiger partial charge in [-0.3, -0.25) is 4.79 Å². The third kappa shape index (κ3) is 3.02. The fraction of sp³-hybridized carbons (Fsp3) is 0.0556. The highest BCUT2D eigenvalue weighted by atomic mass is 79.9. The average Bonchev–Trinajstić information content (AvgIpc) is 2.97. The molecule has 0 bridgehead atoms. The summed E-state index contributed by atoms with van der Waals surface area (Å²) < 4.78 is 1.97. The van der Waals surface area contributed by atoms with Crippen molar-refractivity contribution in [2.75, 3.05) is 0 Å². The van der Waals surface area contributed by atoms with Crippen molar-refractivity contribution in [3.8, 4) is 17.2 Å². The average molecular weight is 425 g/mol. The molecule has 0 atom stereocenters. The number of carbonyl (C=O) groups excluding carboxylic acids is 1. The predicted molar refractivity (Wildman–Crippen MR) is 104 cm³/mol. The molecule has 1 aromatic carbocycles. The maximum absolute atomic E-state index is 12.6. The second-order valence-electron chi connectivity index (χ2n) is 5.91. The zero-order valence-corrected chi connectivity index (χ0v) is 15.7. The zero-order valence-electron chi connectivity index (χ0n) is 14.1. The van der Waals surface area contributed by atoms with Crippen molar-refractivity contribution in [2.45, 2.75) is 6.92 Å². The van der Waals surface area contributed by atoms with Crippen molar-refractivity contribution in [1.82, 2.24) is 24.5 Å². The van der Waals surface area contributed by atoms with Crippen molar-refractivity contribution in [1.29, 1.82) is 0 Å². The van der Waals surface area contributed by atoms with E-state index in [2.05, 4.69) is 35.9 Å². The molecule has 0 saturated carbocycles. The molecule has 134 valence electrons. The molecule has 1 amide bonds. The standard InChI is InChI=1S/C18H13BrN6O2/c1-9-5-7-10(8-6-9)25-17-14(23-18(25)27)13(15(20)26)22-16(24-17)11-3-2-4-12(19)21-11/h2-8H,1H3,(H2,20,26)(H,23,27). The molecule has 4 aromatic rings. The van der Waals surface area contributed by atoms with Crippen molar-refractivity contribution in [3.63, 3.8) is 0 Å². The van der Waals surface area contributed by atoms with Crippen LogP contribution in [0.25, 0.3) is 28.4 Å². The Kier molecular flexibility index (Phi) is 4.08. The number of carbonyl (C=O) groups is 1. The molecule has 3 aromatic heterocycles. The number of hydrogen-bond donors (Lipinski definition) is 2. The Hall–Kier alpha value is -3.33. The number of benzene rings is 1. The first kappa shape index (κ1) is 17.1. The Morgan fingerprint density at radius 1 is 1.11 bits per heavy atom. The number of nitrogens with zero attached hydrogens (tertiary/aromatic N) is 4. The highest BCUT2D eigenvalue weighted by Crippen LogP contribution is 2.22. The number of rotatable bonds is 3. The fourth-order valence-electron chi connectivity index (χ4n) is 2.74. The number of pyridine rings is 1. The molecular formula is C18H13BrN6O2. The molecule has 0 fully saturated rings. The van der Waals surface area contributed by atoms with E-state index in [1.807, 2.05) is 19.1 Å². The lowest BCUT2D eigenvalue weighted by Crippen LogP contribution is -2.15.